The predicted molar refractivity (Wildman–Crippen MR) is 116 cm³/mol. The summed E-state index contributed by atoms with van der Waals surface area (Å²) in [5.74, 6) is -6.29. The van der Waals surface area contributed by atoms with Crippen LogP contribution in [0.15, 0.2) is 30.3 Å². The number of benzene rings is 1. The highest BCUT2D eigenvalue weighted by Gasteiger charge is 2.31. The number of rotatable bonds is 14. The molecule has 0 radical (unpaired) electrons. The molecule has 14 heteroatoms. The minimum Gasteiger partial charge on any atom is -0.480 e. The van der Waals surface area contributed by atoms with Gasteiger partial charge in [-0.25, -0.2) is 4.79 Å². The Kier molecular flexibility index (Phi) is 11.1. The van der Waals surface area contributed by atoms with Crippen molar-refractivity contribution in [3.63, 3.8) is 0 Å². The van der Waals surface area contributed by atoms with E-state index in [2.05, 4.69) is 16.0 Å². The second-order valence-corrected chi connectivity index (χ2v) is 7.34. The number of carboxylic acid groups (broad SMARTS) is 1. The van der Waals surface area contributed by atoms with E-state index >= 15 is 0 Å². The lowest BCUT2D eigenvalue weighted by atomic mass is 10.1. The Morgan fingerprint density at radius 1 is 0.765 bits per heavy atom. The maximum Gasteiger partial charge on any atom is 0.326 e. The summed E-state index contributed by atoms with van der Waals surface area (Å²) in [6.45, 7) is -0.923. The number of hydrogen-bond acceptors (Lipinski definition) is 8. The zero-order chi connectivity index (χ0) is 25.8. The summed E-state index contributed by atoms with van der Waals surface area (Å²) in [6, 6.07) is 2.45. The molecule has 0 aromatic heterocycles. The molecule has 0 heterocycles. The molecule has 1 rings (SSSR count). The van der Waals surface area contributed by atoms with E-state index in [0.717, 1.165) is 0 Å². The second kappa shape index (κ2) is 13.5. The van der Waals surface area contributed by atoms with Gasteiger partial charge in [0.05, 0.1) is 25.5 Å². The zero-order valence-corrected chi connectivity index (χ0v) is 18.1. The first-order valence-electron chi connectivity index (χ1n) is 10.1. The van der Waals surface area contributed by atoms with Crippen LogP contribution in [0.1, 0.15) is 18.4 Å². The molecule has 0 aliphatic heterocycles. The van der Waals surface area contributed by atoms with Crippen LogP contribution in [-0.4, -0.2) is 76.5 Å². The highest BCUT2D eigenvalue weighted by atomic mass is 16.4. The molecule has 1 aromatic rings. The number of nitrogens with two attached hydrogens (primary N) is 3. The molecule has 4 unspecified atom stereocenters. The summed E-state index contributed by atoms with van der Waals surface area (Å²) in [4.78, 5) is 71.0. The number of aliphatic hydroxyl groups excluding tert-OH is 1. The van der Waals surface area contributed by atoms with E-state index in [0.29, 0.717) is 5.56 Å². The molecule has 0 aliphatic rings. The first-order chi connectivity index (χ1) is 15.9. The van der Waals surface area contributed by atoms with Gasteiger partial charge in [-0.2, -0.15) is 0 Å². The van der Waals surface area contributed by atoms with E-state index in [1.165, 1.54) is 0 Å². The summed E-state index contributed by atoms with van der Waals surface area (Å²) in [5.41, 5.74) is 16.2. The fourth-order valence-corrected chi connectivity index (χ4v) is 2.79. The van der Waals surface area contributed by atoms with Crippen LogP contribution in [0.3, 0.4) is 0 Å². The third-order valence-corrected chi connectivity index (χ3v) is 4.51. The number of carbonyl (C=O) groups is 6. The molecule has 0 fully saturated rings. The minimum absolute atomic E-state index is 0.0634. The Morgan fingerprint density at radius 2 is 1.26 bits per heavy atom. The fraction of sp³-hybridized carbons (Fsp3) is 0.400. The van der Waals surface area contributed by atoms with Crippen LogP contribution in [0.5, 0.6) is 0 Å². The monoisotopic (exact) mass is 480 g/mol. The maximum absolute atomic E-state index is 12.6. The molecular formula is C20H28N6O8. The number of nitrogens with one attached hydrogen (secondary N) is 3. The fourth-order valence-electron chi connectivity index (χ4n) is 2.79. The average molecular weight is 480 g/mol. The van der Waals surface area contributed by atoms with Gasteiger partial charge in [-0.15, -0.1) is 0 Å². The van der Waals surface area contributed by atoms with Crippen LogP contribution < -0.4 is 33.2 Å². The SMILES string of the molecule is NC(=O)CC(N)C(=O)NC(CC(N)=O)C(=O)NC(CO)C(=O)NC(Cc1ccccc1)C(=O)O. The van der Waals surface area contributed by atoms with Crippen LogP contribution in [0, 0.1) is 0 Å². The van der Waals surface area contributed by atoms with Crippen LogP contribution in [0.25, 0.3) is 0 Å². The van der Waals surface area contributed by atoms with Crippen LogP contribution >= 0.6 is 0 Å². The first-order valence-corrected chi connectivity index (χ1v) is 10.1. The Hall–Kier alpha value is -4.04. The second-order valence-electron chi connectivity index (χ2n) is 7.34. The van der Waals surface area contributed by atoms with Crippen molar-refractivity contribution in [3.8, 4) is 0 Å². The molecule has 0 saturated heterocycles. The number of carboxylic acids is 1. The van der Waals surface area contributed by atoms with E-state index in [9.17, 15) is 39.0 Å². The number of primary amides is 2. The topological polar surface area (TPSA) is 257 Å². The van der Waals surface area contributed by atoms with Crippen molar-refractivity contribution < 1.29 is 39.0 Å². The highest BCUT2D eigenvalue weighted by molar-refractivity contribution is 5.96. The minimum atomic E-state index is -1.61. The van der Waals surface area contributed by atoms with Gasteiger partial charge in [0.25, 0.3) is 0 Å². The molecule has 4 atom stereocenters. The largest absolute Gasteiger partial charge is 0.480 e. The van der Waals surface area contributed by atoms with Gasteiger partial charge in [0.2, 0.25) is 29.5 Å². The molecule has 14 nitrogen and oxygen atoms in total. The summed E-state index contributed by atoms with van der Waals surface area (Å²) in [6.07, 6.45) is -1.28. The van der Waals surface area contributed by atoms with Crippen molar-refractivity contribution in [2.24, 2.45) is 17.2 Å². The van der Waals surface area contributed by atoms with Gasteiger partial charge in [-0.1, -0.05) is 30.3 Å². The average Bonchev–Trinajstić information content (AvgIpc) is 2.75. The number of hydrogen-bond donors (Lipinski definition) is 8. The Bertz CT molecular complexity index is 910. The molecule has 5 amide bonds. The molecule has 0 spiro atoms. The lowest BCUT2D eigenvalue weighted by molar-refractivity contribution is -0.142. The molecule has 34 heavy (non-hydrogen) atoms. The van der Waals surface area contributed by atoms with Crippen molar-refractivity contribution >= 4 is 35.5 Å². The van der Waals surface area contributed by atoms with Gasteiger partial charge >= 0.3 is 5.97 Å². The van der Waals surface area contributed by atoms with Gasteiger partial charge in [0.15, 0.2) is 0 Å². The van der Waals surface area contributed by atoms with Crippen LogP contribution in [0.4, 0.5) is 0 Å². The van der Waals surface area contributed by atoms with E-state index in [-0.39, 0.29) is 6.42 Å². The summed E-state index contributed by atoms with van der Waals surface area (Å²) < 4.78 is 0. The smallest absolute Gasteiger partial charge is 0.326 e. The molecule has 11 N–H and O–H groups in total. The standard InChI is InChI=1S/C20H28N6O8/c21-11(7-15(22)28)17(30)24-12(8-16(23)29)18(31)26-14(9-27)19(32)25-13(20(33)34)6-10-4-2-1-3-5-10/h1-5,11-14,27H,6-9,21H2,(H2,22,28)(H2,23,29)(H,24,30)(H,25,32)(H,26,31)(H,33,34). The third-order valence-electron chi connectivity index (χ3n) is 4.51. The molecule has 0 saturated carbocycles. The van der Waals surface area contributed by atoms with E-state index < -0.39 is 79.1 Å². The first kappa shape index (κ1) is 28.0. The van der Waals surface area contributed by atoms with E-state index in [1.807, 2.05) is 0 Å². The van der Waals surface area contributed by atoms with Crippen LogP contribution in [0.2, 0.25) is 0 Å². The summed E-state index contributed by atoms with van der Waals surface area (Å²) >= 11 is 0. The van der Waals surface area contributed by atoms with Crippen molar-refractivity contribution in [2.45, 2.75) is 43.4 Å². The lowest BCUT2D eigenvalue weighted by Crippen LogP contribution is -2.59. The number of aliphatic carboxylic acids is 1. The zero-order valence-electron chi connectivity index (χ0n) is 18.1. The third kappa shape index (κ3) is 9.62. The van der Waals surface area contributed by atoms with E-state index in [4.69, 9.17) is 17.2 Å². The number of amides is 5. The molecular weight excluding hydrogens is 452 g/mol. The van der Waals surface area contributed by atoms with Gasteiger partial charge in [-0.05, 0) is 5.56 Å². The molecule has 0 bridgehead atoms. The quantitative estimate of drug-likeness (QED) is 0.128. The molecule has 0 aliphatic carbocycles. The number of carbonyl (C=O) groups excluding carboxylic acids is 5. The Labute approximate surface area is 194 Å². The Morgan fingerprint density at radius 3 is 1.76 bits per heavy atom. The van der Waals surface area contributed by atoms with Gasteiger partial charge < -0.3 is 43.4 Å². The predicted octanol–water partition coefficient (Wildman–Crippen LogP) is -4.16. The van der Waals surface area contributed by atoms with Gasteiger partial charge in [0, 0.05) is 6.42 Å². The van der Waals surface area contributed by atoms with Crippen molar-refractivity contribution in [1.82, 2.24) is 16.0 Å². The van der Waals surface area contributed by atoms with Crippen molar-refractivity contribution in [2.75, 3.05) is 6.61 Å². The van der Waals surface area contributed by atoms with Crippen molar-refractivity contribution in [3.05, 3.63) is 35.9 Å². The van der Waals surface area contributed by atoms with Gasteiger partial charge in [0.1, 0.15) is 18.1 Å². The Balaban J connectivity index is 2.88. The van der Waals surface area contributed by atoms with Crippen molar-refractivity contribution in [1.29, 1.82) is 0 Å². The number of aliphatic hydroxyl groups is 1. The summed E-state index contributed by atoms with van der Waals surface area (Å²) in [5, 5.41) is 25.4. The van der Waals surface area contributed by atoms with E-state index in [1.54, 1.807) is 30.3 Å². The van der Waals surface area contributed by atoms with Crippen LogP contribution in [-0.2, 0) is 35.2 Å². The highest BCUT2D eigenvalue weighted by Crippen LogP contribution is 2.04. The maximum atomic E-state index is 12.6. The van der Waals surface area contributed by atoms with Gasteiger partial charge in [-0.3, -0.25) is 24.0 Å². The molecule has 1 aromatic carbocycles. The normalized spacial score (nSPS) is 14.1. The summed E-state index contributed by atoms with van der Waals surface area (Å²) in [7, 11) is 0. The molecule has 186 valence electrons. The lowest BCUT2D eigenvalue weighted by Gasteiger charge is -2.23.